The van der Waals surface area contributed by atoms with E-state index < -0.39 is 12.5 Å². The van der Waals surface area contributed by atoms with Crippen LogP contribution in [0.1, 0.15) is 11.8 Å². The van der Waals surface area contributed by atoms with Crippen LogP contribution in [-0.4, -0.2) is 26.5 Å². The van der Waals surface area contributed by atoms with Crippen molar-refractivity contribution in [2.75, 3.05) is 0 Å². The molecule has 11 heavy (non-hydrogen) atoms. The quantitative estimate of drug-likeness (QED) is 0.673. The maximum atomic E-state index is 11.8. The fourth-order valence-corrected chi connectivity index (χ4v) is 0.626. The van der Waals surface area contributed by atoms with Crippen LogP contribution in [-0.2, 0) is 7.05 Å². The van der Waals surface area contributed by atoms with Crippen LogP contribution in [0.4, 0.5) is 8.78 Å². The predicted octanol–water partition coefficient (Wildman–Crippen LogP) is 0.114. The molecule has 1 unspecified atom stereocenters. The van der Waals surface area contributed by atoms with Crippen molar-refractivity contribution in [3.05, 3.63) is 11.9 Å². The van der Waals surface area contributed by atoms with Gasteiger partial charge in [0.2, 0.25) is 0 Å². The summed E-state index contributed by atoms with van der Waals surface area (Å²) in [5.74, 6) is 0. The molecule has 0 aliphatic carbocycles. The SMILES string of the molecule is Cn1ncc(C(O)C(F)F)n1. The minimum absolute atomic E-state index is 0.109. The van der Waals surface area contributed by atoms with Gasteiger partial charge in [0.05, 0.1) is 6.20 Å². The Kier molecular flexibility index (Phi) is 2.13. The van der Waals surface area contributed by atoms with Crippen molar-refractivity contribution in [3.63, 3.8) is 0 Å². The molecular formula is C5H7F2N3O. The molecule has 0 spiro atoms. The van der Waals surface area contributed by atoms with Crippen molar-refractivity contribution in [2.45, 2.75) is 12.5 Å². The van der Waals surface area contributed by atoms with Gasteiger partial charge >= 0.3 is 0 Å². The third kappa shape index (κ3) is 1.70. The fraction of sp³-hybridized carbons (Fsp3) is 0.600. The molecule has 0 saturated carbocycles. The lowest BCUT2D eigenvalue weighted by molar-refractivity contribution is -0.00847. The number of aliphatic hydroxyl groups excluding tert-OH is 1. The molecule has 1 N–H and O–H groups in total. The summed E-state index contributed by atoms with van der Waals surface area (Å²) in [7, 11) is 1.49. The fourth-order valence-electron chi connectivity index (χ4n) is 0.626. The zero-order valence-corrected chi connectivity index (χ0v) is 5.78. The standard InChI is InChI=1S/C5H7F2N3O/c1-10-8-2-3(9-10)4(11)5(6)7/h2,4-5,11H,1H3. The molecule has 0 radical (unpaired) electrons. The van der Waals surface area contributed by atoms with E-state index >= 15 is 0 Å². The van der Waals surface area contributed by atoms with Crippen molar-refractivity contribution in [3.8, 4) is 0 Å². The number of nitrogens with zero attached hydrogens (tertiary/aromatic N) is 3. The van der Waals surface area contributed by atoms with Crippen LogP contribution in [0.2, 0.25) is 0 Å². The highest BCUT2D eigenvalue weighted by Gasteiger charge is 2.21. The molecule has 1 heterocycles. The minimum Gasteiger partial charge on any atom is -0.381 e. The lowest BCUT2D eigenvalue weighted by Crippen LogP contribution is -2.09. The largest absolute Gasteiger partial charge is 0.381 e. The summed E-state index contributed by atoms with van der Waals surface area (Å²) >= 11 is 0. The number of hydrogen-bond acceptors (Lipinski definition) is 3. The van der Waals surface area contributed by atoms with Gasteiger partial charge in [0.1, 0.15) is 5.69 Å². The van der Waals surface area contributed by atoms with Crippen molar-refractivity contribution < 1.29 is 13.9 Å². The summed E-state index contributed by atoms with van der Waals surface area (Å²) < 4.78 is 23.6. The third-order valence-electron chi connectivity index (χ3n) is 1.16. The van der Waals surface area contributed by atoms with Gasteiger partial charge in [0.15, 0.2) is 6.10 Å². The van der Waals surface area contributed by atoms with Gasteiger partial charge in [-0.05, 0) is 0 Å². The number of alkyl halides is 2. The molecule has 1 aromatic rings. The summed E-state index contributed by atoms with van der Waals surface area (Å²) in [6, 6.07) is 0. The van der Waals surface area contributed by atoms with Gasteiger partial charge in [-0.1, -0.05) is 0 Å². The first-order valence-corrected chi connectivity index (χ1v) is 2.93. The minimum atomic E-state index is -2.81. The molecule has 0 saturated heterocycles. The van der Waals surface area contributed by atoms with Gasteiger partial charge < -0.3 is 5.11 Å². The molecule has 1 rings (SSSR count). The Hall–Kier alpha value is -1.04. The lowest BCUT2D eigenvalue weighted by atomic mass is 10.3. The number of hydrogen-bond donors (Lipinski definition) is 1. The molecule has 0 aliphatic rings. The molecule has 0 amide bonds. The van der Waals surface area contributed by atoms with E-state index in [1.54, 1.807) is 0 Å². The van der Waals surface area contributed by atoms with Crippen LogP contribution in [0, 0.1) is 0 Å². The Labute approximate surface area is 61.4 Å². The Balaban J connectivity index is 2.76. The van der Waals surface area contributed by atoms with E-state index in [4.69, 9.17) is 5.11 Å². The molecular weight excluding hydrogens is 156 g/mol. The Morgan fingerprint density at radius 3 is 2.64 bits per heavy atom. The van der Waals surface area contributed by atoms with Crippen molar-refractivity contribution in [2.24, 2.45) is 7.05 Å². The van der Waals surface area contributed by atoms with E-state index in [-0.39, 0.29) is 5.69 Å². The summed E-state index contributed by atoms with van der Waals surface area (Å²) in [4.78, 5) is 1.11. The van der Waals surface area contributed by atoms with Crippen LogP contribution in [0.15, 0.2) is 6.20 Å². The summed E-state index contributed by atoms with van der Waals surface area (Å²) in [6.07, 6.45) is -3.54. The zero-order valence-electron chi connectivity index (χ0n) is 5.78. The van der Waals surface area contributed by atoms with E-state index in [0.29, 0.717) is 0 Å². The number of halogens is 2. The van der Waals surface area contributed by atoms with Gasteiger partial charge in [0.25, 0.3) is 6.43 Å². The van der Waals surface area contributed by atoms with Crippen LogP contribution < -0.4 is 0 Å². The second-order valence-corrected chi connectivity index (χ2v) is 2.04. The van der Waals surface area contributed by atoms with E-state index in [9.17, 15) is 8.78 Å². The maximum Gasteiger partial charge on any atom is 0.269 e. The Bertz CT molecular complexity index is 237. The molecule has 0 fully saturated rings. The summed E-state index contributed by atoms with van der Waals surface area (Å²) in [6.45, 7) is 0. The van der Waals surface area contributed by atoms with Gasteiger partial charge in [-0.2, -0.15) is 15.0 Å². The van der Waals surface area contributed by atoms with Crippen molar-refractivity contribution in [1.29, 1.82) is 0 Å². The molecule has 0 aliphatic heterocycles. The first-order valence-electron chi connectivity index (χ1n) is 2.93. The van der Waals surface area contributed by atoms with Crippen LogP contribution in [0.25, 0.3) is 0 Å². The smallest absolute Gasteiger partial charge is 0.269 e. The van der Waals surface area contributed by atoms with Gasteiger partial charge in [0, 0.05) is 7.05 Å². The Morgan fingerprint density at radius 1 is 1.64 bits per heavy atom. The van der Waals surface area contributed by atoms with E-state index in [0.717, 1.165) is 11.0 Å². The van der Waals surface area contributed by atoms with E-state index in [1.807, 2.05) is 0 Å². The highest BCUT2D eigenvalue weighted by molar-refractivity contribution is 4.97. The van der Waals surface area contributed by atoms with Crippen molar-refractivity contribution >= 4 is 0 Å². The molecule has 6 heteroatoms. The van der Waals surface area contributed by atoms with Gasteiger partial charge in [-0.25, -0.2) is 8.78 Å². The zero-order chi connectivity index (χ0) is 8.43. The summed E-state index contributed by atoms with van der Waals surface area (Å²) in [5.41, 5.74) is -0.109. The maximum absolute atomic E-state index is 11.8. The highest BCUT2D eigenvalue weighted by atomic mass is 19.3. The normalized spacial score (nSPS) is 13.9. The monoisotopic (exact) mass is 163 g/mol. The topological polar surface area (TPSA) is 50.9 Å². The third-order valence-corrected chi connectivity index (χ3v) is 1.16. The average Bonchev–Trinajstić information content (AvgIpc) is 2.34. The molecule has 0 aromatic carbocycles. The Morgan fingerprint density at radius 2 is 2.27 bits per heavy atom. The molecule has 1 atom stereocenters. The molecule has 4 nitrogen and oxygen atoms in total. The van der Waals surface area contributed by atoms with Crippen molar-refractivity contribution in [1.82, 2.24) is 15.0 Å². The average molecular weight is 163 g/mol. The highest BCUT2D eigenvalue weighted by Crippen LogP contribution is 2.16. The van der Waals surface area contributed by atoms with E-state index in [1.165, 1.54) is 7.05 Å². The second kappa shape index (κ2) is 2.91. The van der Waals surface area contributed by atoms with Crippen LogP contribution in [0.3, 0.4) is 0 Å². The van der Waals surface area contributed by atoms with Gasteiger partial charge in [-0.15, -0.1) is 0 Å². The second-order valence-electron chi connectivity index (χ2n) is 2.04. The van der Waals surface area contributed by atoms with Crippen LogP contribution >= 0.6 is 0 Å². The number of aryl methyl sites for hydroxylation is 1. The number of aromatic nitrogens is 3. The lowest BCUT2D eigenvalue weighted by Gasteiger charge is -2.03. The molecule has 62 valence electrons. The first-order chi connectivity index (χ1) is 5.11. The number of aliphatic hydroxyl groups is 1. The predicted molar refractivity (Wildman–Crippen MR) is 32.0 cm³/mol. The van der Waals surface area contributed by atoms with Gasteiger partial charge in [-0.3, -0.25) is 0 Å². The van der Waals surface area contributed by atoms with Crippen LogP contribution in [0.5, 0.6) is 0 Å². The summed E-state index contributed by atoms with van der Waals surface area (Å²) in [5, 5.41) is 15.8. The first kappa shape index (κ1) is 8.06. The number of rotatable bonds is 2. The molecule has 1 aromatic heterocycles. The van der Waals surface area contributed by atoms with E-state index in [2.05, 4.69) is 10.2 Å². The molecule has 0 bridgehead atoms.